The maximum absolute atomic E-state index is 5.73. The Labute approximate surface area is 122 Å². The molecule has 3 nitrogen and oxygen atoms in total. The predicted molar refractivity (Wildman–Crippen MR) is 84.6 cm³/mol. The number of hydrogen-bond donors (Lipinski definition) is 2. The summed E-state index contributed by atoms with van der Waals surface area (Å²) >= 11 is 1.70. The molecule has 3 aromatic rings. The number of para-hydroxylation sites is 1. The molecule has 20 heavy (non-hydrogen) atoms. The average molecular weight is 283 g/mol. The van der Waals surface area contributed by atoms with Gasteiger partial charge in [0.2, 0.25) is 0 Å². The Morgan fingerprint density at radius 2 is 2.15 bits per heavy atom. The number of nitrogens with two attached hydrogens (primary N) is 1. The lowest BCUT2D eigenvalue weighted by Crippen LogP contribution is -2.30. The van der Waals surface area contributed by atoms with Gasteiger partial charge in [0.1, 0.15) is 0 Å². The maximum Gasteiger partial charge on any atom is 0.0708 e. The molecule has 0 bridgehead atoms. The molecule has 1 atom stereocenters. The van der Waals surface area contributed by atoms with E-state index in [4.69, 9.17) is 10.8 Å². The van der Waals surface area contributed by atoms with Crippen molar-refractivity contribution in [3.05, 3.63) is 64.0 Å². The van der Waals surface area contributed by atoms with Gasteiger partial charge in [-0.25, -0.2) is 0 Å². The van der Waals surface area contributed by atoms with Crippen LogP contribution < -0.4 is 11.3 Å². The van der Waals surface area contributed by atoms with Crippen LogP contribution in [0, 0.1) is 6.92 Å². The van der Waals surface area contributed by atoms with Crippen LogP contribution in [0.15, 0.2) is 47.2 Å². The second kappa shape index (κ2) is 5.71. The van der Waals surface area contributed by atoms with Gasteiger partial charge in [0, 0.05) is 5.39 Å². The minimum atomic E-state index is 0.0351. The summed E-state index contributed by atoms with van der Waals surface area (Å²) in [5, 5.41) is 5.43. The summed E-state index contributed by atoms with van der Waals surface area (Å²) in [6.07, 6.45) is 0.852. The standard InChI is InChI=1S/C16H17N3S/c1-11-8-15(18-14-5-3-2-4-13(11)14)16(19-17)9-12-6-7-20-10-12/h2-8,10,16,19H,9,17H2,1H3. The molecule has 3 N–H and O–H groups in total. The van der Waals surface area contributed by atoms with Gasteiger partial charge in [0.05, 0.1) is 17.3 Å². The molecule has 0 aliphatic rings. The van der Waals surface area contributed by atoms with Gasteiger partial charge in [-0.15, -0.1) is 0 Å². The number of fused-ring (bicyclic) bond motifs is 1. The molecule has 0 spiro atoms. The summed E-state index contributed by atoms with van der Waals surface area (Å²) in [5.74, 6) is 5.73. The summed E-state index contributed by atoms with van der Waals surface area (Å²) in [4.78, 5) is 4.75. The Morgan fingerprint density at radius 3 is 2.90 bits per heavy atom. The van der Waals surface area contributed by atoms with Crippen LogP contribution in [0.25, 0.3) is 10.9 Å². The summed E-state index contributed by atoms with van der Waals surface area (Å²) in [5.41, 5.74) is 7.42. The van der Waals surface area contributed by atoms with Gasteiger partial charge in [-0.1, -0.05) is 18.2 Å². The van der Waals surface area contributed by atoms with Crippen molar-refractivity contribution in [2.75, 3.05) is 0 Å². The zero-order chi connectivity index (χ0) is 13.9. The topological polar surface area (TPSA) is 50.9 Å². The quantitative estimate of drug-likeness (QED) is 0.570. The fourth-order valence-corrected chi connectivity index (χ4v) is 3.13. The van der Waals surface area contributed by atoms with Crippen LogP contribution in [0.4, 0.5) is 0 Å². The van der Waals surface area contributed by atoms with Gasteiger partial charge in [-0.05, 0) is 53.4 Å². The zero-order valence-electron chi connectivity index (χ0n) is 11.3. The van der Waals surface area contributed by atoms with Gasteiger partial charge in [-0.2, -0.15) is 11.3 Å². The fourth-order valence-electron chi connectivity index (χ4n) is 2.45. The van der Waals surface area contributed by atoms with Gasteiger partial charge in [-0.3, -0.25) is 16.3 Å². The van der Waals surface area contributed by atoms with E-state index in [0.29, 0.717) is 0 Å². The first kappa shape index (κ1) is 13.2. The smallest absolute Gasteiger partial charge is 0.0708 e. The lowest BCUT2D eigenvalue weighted by Gasteiger charge is -2.16. The first-order valence-electron chi connectivity index (χ1n) is 6.61. The van der Waals surface area contributed by atoms with Crippen molar-refractivity contribution in [3.63, 3.8) is 0 Å². The third-order valence-electron chi connectivity index (χ3n) is 3.52. The SMILES string of the molecule is Cc1cc(C(Cc2ccsc2)NN)nc2ccccc12. The number of aryl methyl sites for hydroxylation is 1. The van der Waals surface area contributed by atoms with E-state index >= 15 is 0 Å². The van der Waals surface area contributed by atoms with Crippen LogP contribution in [-0.2, 0) is 6.42 Å². The van der Waals surface area contributed by atoms with E-state index in [1.807, 2.05) is 18.2 Å². The molecule has 0 saturated heterocycles. The van der Waals surface area contributed by atoms with Crippen LogP contribution in [0.3, 0.4) is 0 Å². The molecule has 0 fully saturated rings. The van der Waals surface area contributed by atoms with Crippen LogP contribution in [0.2, 0.25) is 0 Å². The predicted octanol–water partition coefficient (Wildman–Crippen LogP) is 3.35. The molecule has 1 unspecified atom stereocenters. The molecule has 0 radical (unpaired) electrons. The van der Waals surface area contributed by atoms with Gasteiger partial charge < -0.3 is 0 Å². The lowest BCUT2D eigenvalue weighted by molar-refractivity contribution is 0.540. The summed E-state index contributed by atoms with van der Waals surface area (Å²) in [6.45, 7) is 2.12. The van der Waals surface area contributed by atoms with E-state index in [2.05, 4.69) is 41.3 Å². The van der Waals surface area contributed by atoms with Gasteiger partial charge in [0.15, 0.2) is 0 Å². The number of nitrogens with one attached hydrogen (secondary N) is 1. The number of pyridine rings is 1. The first-order valence-corrected chi connectivity index (χ1v) is 7.55. The number of aromatic nitrogens is 1. The monoisotopic (exact) mass is 283 g/mol. The van der Waals surface area contributed by atoms with Gasteiger partial charge in [0.25, 0.3) is 0 Å². The Balaban J connectivity index is 1.99. The minimum Gasteiger partial charge on any atom is -0.271 e. The number of nitrogens with zero attached hydrogens (tertiary/aromatic N) is 1. The van der Waals surface area contributed by atoms with Crippen molar-refractivity contribution >= 4 is 22.2 Å². The lowest BCUT2D eigenvalue weighted by atomic mass is 10.0. The first-order chi connectivity index (χ1) is 9.78. The molecule has 0 aliphatic carbocycles. The Bertz CT molecular complexity index is 707. The van der Waals surface area contributed by atoms with E-state index in [1.165, 1.54) is 16.5 Å². The summed E-state index contributed by atoms with van der Waals surface area (Å²) in [7, 11) is 0. The molecule has 2 heterocycles. The maximum atomic E-state index is 5.73. The van der Waals surface area contributed by atoms with Crippen molar-refractivity contribution in [1.82, 2.24) is 10.4 Å². The van der Waals surface area contributed by atoms with Crippen LogP contribution in [0.1, 0.15) is 22.9 Å². The van der Waals surface area contributed by atoms with Crippen molar-refractivity contribution in [2.45, 2.75) is 19.4 Å². The van der Waals surface area contributed by atoms with E-state index in [-0.39, 0.29) is 6.04 Å². The van der Waals surface area contributed by atoms with Crippen LogP contribution in [-0.4, -0.2) is 4.98 Å². The second-order valence-electron chi connectivity index (χ2n) is 4.94. The average Bonchev–Trinajstić information content (AvgIpc) is 2.97. The molecular formula is C16H17N3S. The largest absolute Gasteiger partial charge is 0.271 e. The molecule has 1 aromatic carbocycles. The molecular weight excluding hydrogens is 266 g/mol. The number of rotatable bonds is 4. The normalized spacial score (nSPS) is 12.7. The molecule has 2 aromatic heterocycles. The van der Waals surface area contributed by atoms with Crippen molar-refractivity contribution in [3.8, 4) is 0 Å². The van der Waals surface area contributed by atoms with Crippen LogP contribution in [0.5, 0.6) is 0 Å². The molecule has 4 heteroatoms. The highest BCUT2D eigenvalue weighted by atomic mass is 32.1. The summed E-state index contributed by atoms with van der Waals surface area (Å²) < 4.78 is 0. The van der Waals surface area contributed by atoms with Crippen molar-refractivity contribution in [2.24, 2.45) is 5.84 Å². The minimum absolute atomic E-state index is 0.0351. The van der Waals surface area contributed by atoms with E-state index in [9.17, 15) is 0 Å². The molecule has 0 aliphatic heterocycles. The third kappa shape index (κ3) is 2.58. The highest BCUT2D eigenvalue weighted by molar-refractivity contribution is 7.07. The highest BCUT2D eigenvalue weighted by Gasteiger charge is 2.14. The Morgan fingerprint density at radius 1 is 1.30 bits per heavy atom. The van der Waals surface area contributed by atoms with Gasteiger partial charge >= 0.3 is 0 Å². The number of benzene rings is 1. The highest BCUT2D eigenvalue weighted by Crippen LogP contribution is 2.23. The van der Waals surface area contributed by atoms with Crippen LogP contribution >= 0.6 is 11.3 Å². The van der Waals surface area contributed by atoms with Crippen molar-refractivity contribution < 1.29 is 0 Å². The van der Waals surface area contributed by atoms with Crippen molar-refractivity contribution in [1.29, 1.82) is 0 Å². The zero-order valence-corrected chi connectivity index (χ0v) is 12.2. The Hall–Kier alpha value is -1.75. The molecule has 3 rings (SSSR count). The molecule has 0 amide bonds. The second-order valence-corrected chi connectivity index (χ2v) is 5.72. The number of hydrogen-bond acceptors (Lipinski definition) is 4. The number of hydrazine groups is 1. The Kier molecular flexibility index (Phi) is 3.78. The summed E-state index contributed by atoms with van der Waals surface area (Å²) in [6, 6.07) is 12.5. The number of thiophene rings is 1. The van der Waals surface area contributed by atoms with E-state index in [0.717, 1.165) is 17.6 Å². The fraction of sp³-hybridized carbons (Fsp3) is 0.188. The van der Waals surface area contributed by atoms with E-state index < -0.39 is 0 Å². The molecule has 0 saturated carbocycles. The van der Waals surface area contributed by atoms with E-state index in [1.54, 1.807) is 11.3 Å². The third-order valence-corrected chi connectivity index (χ3v) is 4.25. The molecule has 102 valence electrons.